The first-order valence-corrected chi connectivity index (χ1v) is 9.90. The quantitative estimate of drug-likeness (QED) is 0.706. The van der Waals surface area contributed by atoms with E-state index in [2.05, 4.69) is 21.2 Å². The first-order chi connectivity index (χ1) is 13.5. The number of Topliss-reactive ketones (excluding diaryl/α,β-unsaturated/α-hetero) is 1. The van der Waals surface area contributed by atoms with Crippen LogP contribution in [0.3, 0.4) is 0 Å². The lowest BCUT2D eigenvalue weighted by Gasteiger charge is -2.36. The fraction of sp³-hybridized carbons (Fsp3) is 0.273. The average Bonchev–Trinajstić information content (AvgIpc) is 3.21. The molecule has 144 valence electrons. The Balaban J connectivity index is 1.85. The number of rotatable bonds is 3. The fourth-order valence-electron chi connectivity index (χ4n) is 4.16. The number of ether oxygens (including phenoxy) is 1. The molecule has 0 radical (unpaired) electrons. The zero-order valence-electron chi connectivity index (χ0n) is 15.6. The number of benzene rings is 1. The molecule has 1 N–H and O–H groups in total. The maximum Gasteiger partial charge on any atom is 0.336 e. The van der Waals surface area contributed by atoms with Crippen LogP contribution >= 0.6 is 15.9 Å². The Kier molecular flexibility index (Phi) is 4.98. The van der Waals surface area contributed by atoms with Crippen molar-refractivity contribution in [1.82, 2.24) is 5.32 Å². The third kappa shape index (κ3) is 3.11. The van der Waals surface area contributed by atoms with Gasteiger partial charge >= 0.3 is 5.97 Å². The molecule has 4 rings (SSSR count). The first-order valence-electron chi connectivity index (χ1n) is 9.11. The van der Waals surface area contributed by atoms with Crippen molar-refractivity contribution in [3.05, 3.63) is 81.0 Å². The molecule has 0 bridgehead atoms. The van der Waals surface area contributed by atoms with Crippen molar-refractivity contribution in [2.24, 2.45) is 0 Å². The molecule has 0 saturated heterocycles. The summed E-state index contributed by atoms with van der Waals surface area (Å²) in [6.45, 7) is 1.85. The summed E-state index contributed by atoms with van der Waals surface area (Å²) in [7, 11) is 1.36. The van der Waals surface area contributed by atoms with E-state index in [4.69, 9.17) is 9.15 Å². The normalized spacial score (nSPS) is 22.0. The van der Waals surface area contributed by atoms with Crippen molar-refractivity contribution in [2.75, 3.05) is 7.11 Å². The predicted molar refractivity (Wildman–Crippen MR) is 107 cm³/mol. The molecular weight excluding hydrogens is 422 g/mol. The third-order valence-corrected chi connectivity index (χ3v) is 6.12. The third-order valence-electron chi connectivity index (χ3n) is 5.39. The van der Waals surface area contributed by atoms with Crippen LogP contribution in [0.5, 0.6) is 0 Å². The standard InChI is InChI=1S/C22H20BrNO4/c1-12-19(22(26)27-2)20(14-6-3-4-7-15(14)23)21-16(24-12)10-13(11-17(21)25)18-8-5-9-28-18/h3-9,13,20,24H,10-11H2,1-2H3/t13-,20+/m1/s1. The van der Waals surface area contributed by atoms with E-state index in [0.717, 1.165) is 21.5 Å². The highest BCUT2D eigenvalue weighted by Gasteiger charge is 2.42. The first kappa shape index (κ1) is 18.7. The van der Waals surface area contributed by atoms with Crippen molar-refractivity contribution in [1.29, 1.82) is 0 Å². The summed E-state index contributed by atoms with van der Waals surface area (Å²) < 4.78 is 11.4. The Hall–Kier alpha value is -2.60. The summed E-state index contributed by atoms with van der Waals surface area (Å²) in [6, 6.07) is 11.4. The molecule has 0 saturated carbocycles. The number of carbonyl (C=O) groups is 2. The Bertz CT molecular complexity index is 1000. The minimum atomic E-state index is -0.468. The summed E-state index contributed by atoms with van der Waals surface area (Å²) in [5.74, 6) is -0.0898. The highest BCUT2D eigenvalue weighted by atomic mass is 79.9. The summed E-state index contributed by atoms with van der Waals surface area (Å²) in [5, 5.41) is 3.31. The van der Waals surface area contributed by atoms with Crippen molar-refractivity contribution in [2.45, 2.75) is 31.6 Å². The number of esters is 1. The smallest absolute Gasteiger partial charge is 0.336 e. The number of furan rings is 1. The van der Waals surface area contributed by atoms with Crippen LogP contribution in [0.15, 0.2) is 74.1 Å². The lowest BCUT2D eigenvalue weighted by atomic mass is 9.72. The zero-order chi connectivity index (χ0) is 19.8. The number of halogens is 1. The topological polar surface area (TPSA) is 68.5 Å². The van der Waals surface area contributed by atoms with E-state index < -0.39 is 11.9 Å². The monoisotopic (exact) mass is 441 g/mol. The highest BCUT2D eigenvalue weighted by Crippen LogP contribution is 2.47. The number of ketones is 1. The number of dihydropyridines is 1. The molecular formula is C22H20BrNO4. The van der Waals surface area contributed by atoms with Crippen LogP contribution < -0.4 is 5.32 Å². The lowest BCUT2D eigenvalue weighted by molar-refractivity contribution is -0.136. The number of allylic oxidation sites excluding steroid dienone is 3. The van der Waals surface area contributed by atoms with Crippen LogP contribution in [-0.4, -0.2) is 18.9 Å². The SMILES string of the molecule is COC(=O)C1=C(C)NC2=C(C(=O)C[C@H](c3ccco3)C2)[C@H]1c1ccccc1Br. The zero-order valence-corrected chi connectivity index (χ0v) is 17.2. The van der Waals surface area contributed by atoms with Gasteiger partial charge in [0.25, 0.3) is 0 Å². The Labute approximate surface area is 171 Å². The van der Waals surface area contributed by atoms with Crippen molar-refractivity contribution < 1.29 is 18.7 Å². The van der Waals surface area contributed by atoms with Crippen LogP contribution in [0.4, 0.5) is 0 Å². The molecule has 2 aromatic rings. The van der Waals surface area contributed by atoms with Gasteiger partial charge in [-0.2, -0.15) is 0 Å². The molecule has 1 aliphatic carbocycles. The molecule has 28 heavy (non-hydrogen) atoms. The van der Waals surface area contributed by atoms with E-state index in [0.29, 0.717) is 29.7 Å². The van der Waals surface area contributed by atoms with Gasteiger partial charge in [-0.15, -0.1) is 0 Å². The second-order valence-electron chi connectivity index (χ2n) is 7.05. The van der Waals surface area contributed by atoms with E-state index in [9.17, 15) is 9.59 Å². The van der Waals surface area contributed by atoms with Gasteiger partial charge in [-0.1, -0.05) is 34.1 Å². The number of nitrogens with one attached hydrogen (secondary N) is 1. The van der Waals surface area contributed by atoms with Gasteiger partial charge in [-0.05, 0) is 37.1 Å². The summed E-state index contributed by atoms with van der Waals surface area (Å²) in [4.78, 5) is 25.9. The molecule has 1 aliphatic heterocycles. The van der Waals surface area contributed by atoms with E-state index >= 15 is 0 Å². The summed E-state index contributed by atoms with van der Waals surface area (Å²) in [6.07, 6.45) is 2.63. The van der Waals surface area contributed by atoms with Gasteiger partial charge in [0.15, 0.2) is 5.78 Å². The minimum Gasteiger partial charge on any atom is -0.469 e. The fourth-order valence-corrected chi connectivity index (χ4v) is 4.68. The maximum absolute atomic E-state index is 13.3. The number of carbonyl (C=O) groups excluding carboxylic acids is 2. The largest absolute Gasteiger partial charge is 0.469 e. The molecule has 1 aromatic heterocycles. The highest BCUT2D eigenvalue weighted by molar-refractivity contribution is 9.10. The Morgan fingerprint density at radius 2 is 2.00 bits per heavy atom. The molecule has 0 fully saturated rings. The van der Waals surface area contributed by atoms with Crippen LogP contribution in [0.2, 0.25) is 0 Å². The Morgan fingerprint density at radius 3 is 2.68 bits per heavy atom. The van der Waals surface area contributed by atoms with Gasteiger partial charge in [0.2, 0.25) is 0 Å². The van der Waals surface area contributed by atoms with Crippen molar-refractivity contribution >= 4 is 27.7 Å². The molecule has 6 heteroatoms. The second kappa shape index (κ2) is 7.43. The van der Waals surface area contributed by atoms with Gasteiger partial charge in [0.1, 0.15) is 5.76 Å². The maximum atomic E-state index is 13.3. The molecule has 2 heterocycles. The summed E-state index contributed by atoms with van der Waals surface area (Å²) in [5.41, 5.74) is 3.54. The van der Waals surface area contributed by atoms with E-state index in [-0.39, 0.29) is 11.7 Å². The molecule has 1 aromatic carbocycles. The van der Waals surface area contributed by atoms with Crippen LogP contribution in [0.25, 0.3) is 0 Å². The predicted octanol–water partition coefficient (Wildman–Crippen LogP) is 4.58. The second-order valence-corrected chi connectivity index (χ2v) is 7.90. The van der Waals surface area contributed by atoms with Crippen LogP contribution in [0.1, 0.15) is 42.9 Å². The van der Waals surface area contributed by atoms with E-state index in [1.54, 1.807) is 6.26 Å². The van der Waals surface area contributed by atoms with Gasteiger partial charge < -0.3 is 14.5 Å². The van der Waals surface area contributed by atoms with E-state index in [1.807, 2.05) is 43.3 Å². The molecule has 0 spiro atoms. The molecule has 5 nitrogen and oxygen atoms in total. The van der Waals surface area contributed by atoms with Gasteiger partial charge in [-0.3, -0.25) is 4.79 Å². The van der Waals surface area contributed by atoms with E-state index in [1.165, 1.54) is 7.11 Å². The molecule has 2 aliphatic rings. The molecule has 0 unspecified atom stereocenters. The van der Waals surface area contributed by atoms with Gasteiger partial charge in [-0.25, -0.2) is 4.79 Å². The van der Waals surface area contributed by atoms with Gasteiger partial charge in [0, 0.05) is 39.7 Å². The van der Waals surface area contributed by atoms with Crippen LogP contribution in [-0.2, 0) is 14.3 Å². The number of hydrogen-bond donors (Lipinski definition) is 1. The number of hydrogen-bond acceptors (Lipinski definition) is 5. The van der Waals surface area contributed by atoms with Crippen LogP contribution in [0, 0.1) is 0 Å². The minimum absolute atomic E-state index is 0.0129. The molecule has 2 atom stereocenters. The van der Waals surface area contributed by atoms with Crippen molar-refractivity contribution in [3.8, 4) is 0 Å². The summed E-state index contributed by atoms with van der Waals surface area (Å²) >= 11 is 3.59. The van der Waals surface area contributed by atoms with Crippen molar-refractivity contribution in [3.63, 3.8) is 0 Å². The van der Waals surface area contributed by atoms with Gasteiger partial charge in [0.05, 0.1) is 18.9 Å². The molecule has 0 amide bonds. The Morgan fingerprint density at radius 1 is 1.21 bits per heavy atom. The average molecular weight is 442 g/mol. The number of methoxy groups -OCH3 is 1. The lowest BCUT2D eigenvalue weighted by Crippen LogP contribution is -2.36.